The van der Waals surface area contributed by atoms with Gasteiger partial charge < -0.3 is 15.2 Å². The van der Waals surface area contributed by atoms with E-state index in [-0.39, 0.29) is 19.1 Å². The average Bonchev–Trinajstić information content (AvgIpc) is 2.42. The molecule has 0 bridgehead atoms. The molecule has 0 aliphatic carbocycles. The van der Waals surface area contributed by atoms with Gasteiger partial charge in [0, 0.05) is 10.5 Å². The van der Waals surface area contributed by atoms with Crippen molar-refractivity contribution in [1.82, 2.24) is 5.32 Å². The summed E-state index contributed by atoms with van der Waals surface area (Å²) in [7, 11) is 0. The summed E-state index contributed by atoms with van der Waals surface area (Å²) in [6.45, 7) is -0.0134. The van der Waals surface area contributed by atoms with Crippen molar-refractivity contribution in [3.8, 4) is 18.1 Å². The number of benzene rings is 1. The topological polar surface area (TPSA) is 75.6 Å². The van der Waals surface area contributed by atoms with Gasteiger partial charge in [0.1, 0.15) is 5.75 Å². The van der Waals surface area contributed by atoms with E-state index >= 15 is 0 Å². The molecule has 2 N–H and O–H groups in total. The van der Waals surface area contributed by atoms with E-state index in [1.807, 2.05) is 0 Å². The molecule has 1 rings (SSSR count). The first-order chi connectivity index (χ1) is 9.52. The third-order valence-corrected chi connectivity index (χ3v) is 2.85. The summed E-state index contributed by atoms with van der Waals surface area (Å²) in [6, 6.07) is 4.99. The van der Waals surface area contributed by atoms with Crippen LogP contribution in [0.5, 0.6) is 5.75 Å². The quantitative estimate of drug-likeness (QED) is 0.611. The predicted octanol–water partition coefficient (Wildman–Crippen LogP) is 1.68. The van der Waals surface area contributed by atoms with E-state index in [0.29, 0.717) is 11.3 Å². The molecule has 0 aromatic heterocycles. The Hall–Kier alpha value is -2.26. The van der Waals surface area contributed by atoms with E-state index < -0.39 is 5.97 Å². The number of hydrogen-bond acceptors (Lipinski definition) is 3. The molecule has 1 amide bonds. The minimum atomic E-state index is -1.04. The summed E-state index contributed by atoms with van der Waals surface area (Å²) in [6.07, 6.45) is 7.46. The Bertz CT molecular complexity index is 575. The van der Waals surface area contributed by atoms with Gasteiger partial charge in [0.15, 0.2) is 6.61 Å². The van der Waals surface area contributed by atoms with E-state index in [9.17, 15) is 9.59 Å². The Morgan fingerprint density at radius 1 is 1.50 bits per heavy atom. The molecule has 0 saturated heterocycles. The normalized spacial score (nSPS) is 10.0. The summed E-state index contributed by atoms with van der Waals surface area (Å²) in [5.74, 6) is 1.37. The van der Waals surface area contributed by atoms with Crippen LogP contribution in [0.15, 0.2) is 28.7 Å². The molecule has 104 valence electrons. The number of carbonyl (C=O) groups is 2. The molecule has 20 heavy (non-hydrogen) atoms. The van der Waals surface area contributed by atoms with Gasteiger partial charge in [0.05, 0.1) is 6.54 Å². The predicted molar refractivity (Wildman–Crippen MR) is 78.1 cm³/mol. The van der Waals surface area contributed by atoms with E-state index in [2.05, 4.69) is 27.2 Å². The molecule has 0 atom stereocenters. The lowest BCUT2D eigenvalue weighted by Gasteiger charge is -2.07. The monoisotopic (exact) mass is 337 g/mol. The zero-order valence-electron chi connectivity index (χ0n) is 10.4. The number of carbonyl (C=O) groups excluding carboxylic acids is 1. The molecule has 0 unspecified atom stereocenters. The van der Waals surface area contributed by atoms with Gasteiger partial charge >= 0.3 is 5.97 Å². The number of halogens is 1. The van der Waals surface area contributed by atoms with Crippen molar-refractivity contribution in [3.63, 3.8) is 0 Å². The highest BCUT2D eigenvalue weighted by Gasteiger charge is 2.04. The number of amides is 1. The zero-order valence-corrected chi connectivity index (χ0v) is 12.0. The Morgan fingerprint density at radius 2 is 2.25 bits per heavy atom. The molecule has 0 spiro atoms. The molecule has 0 radical (unpaired) electrons. The molecular weight excluding hydrogens is 326 g/mol. The van der Waals surface area contributed by atoms with Crippen LogP contribution >= 0.6 is 15.9 Å². The third kappa shape index (κ3) is 5.59. The largest absolute Gasteiger partial charge is 0.484 e. The van der Waals surface area contributed by atoms with Crippen LogP contribution in [-0.2, 0) is 9.59 Å². The van der Waals surface area contributed by atoms with Gasteiger partial charge in [-0.2, -0.15) is 0 Å². The summed E-state index contributed by atoms with van der Waals surface area (Å²) in [5, 5.41) is 11.1. The molecule has 0 aliphatic rings. The second-order valence-corrected chi connectivity index (χ2v) is 4.48. The van der Waals surface area contributed by atoms with E-state index in [4.69, 9.17) is 16.3 Å². The fraction of sp³-hybridized carbons (Fsp3) is 0.143. The van der Waals surface area contributed by atoms with Crippen LogP contribution in [0, 0.1) is 12.3 Å². The van der Waals surface area contributed by atoms with Crippen LogP contribution in [0.3, 0.4) is 0 Å². The fourth-order valence-electron chi connectivity index (χ4n) is 1.25. The van der Waals surface area contributed by atoms with Gasteiger partial charge in [-0.15, -0.1) is 6.42 Å². The van der Waals surface area contributed by atoms with Crippen molar-refractivity contribution in [3.05, 3.63) is 34.3 Å². The third-order valence-electron chi connectivity index (χ3n) is 2.13. The highest BCUT2D eigenvalue weighted by Crippen LogP contribution is 2.23. The number of carboxylic acids is 1. The number of aliphatic carboxylic acids is 1. The van der Waals surface area contributed by atoms with Crippen LogP contribution in [0.1, 0.15) is 5.56 Å². The molecule has 1 aromatic rings. The lowest BCUT2D eigenvalue weighted by atomic mass is 10.2. The Balaban J connectivity index is 2.68. The number of carboxylic acid groups (broad SMARTS) is 1. The van der Waals surface area contributed by atoms with E-state index in [1.165, 1.54) is 6.08 Å². The number of terminal acetylenes is 1. The first-order valence-corrected chi connectivity index (χ1v) is 6.35. The fourth-order valence-corrected chi connectivity index (χ4v) is 1.63. The Labute approximate surface area is 124 Å². The summed E-state index contributed by atoms with van der Waals surface area (Å²) in [4.78, 5) is 21.8. The SMILES string of the molecule is C#CCNC(=O)COc1ccc(Br)c(/C=C/C(=O)O)c1. The van der Waals surface area contributed by atoms with Crippen molar-refractivity contribution in [2.75, 3.05) is 13.2 Å². The molecule has 0 saturated carbocycles. The lowest BCUT2D eigenvalue weighted by Crippen LogP contribution is -2.29. The number of ether oxygens (including phenoxy) is 1. The van der Waals surface area contributed by atoms with E-state index in [1.54, 1.807) is 18.2 Å². The molecule has 0 heterocycles. The van der Waals surface area contributed by atoms with Gasteiger partial charge in [0.25, 0.3) is 5.91 Å². The van der Waals surface area contributed by atoms with Crippen LogP contribution in [0.2, 0.25) is 0 Å². The van der Waals surface area contributed by atoms with E-state index in [0.717, 1.165) is 10.5 Å². The number of nitrogens with one attached hydrogen (secondary N) is 1. The molecule has 6 heteroatoms. The zero-order chi connectivity index (χ0) is 15.0. The maximum atomic E-state index is 11.3. The molecule has 5 nitrogen and oxygen atoms in total. The highest BCUT2D eigenvalue weighted by molar-refractivity contribution is 9.10. The van der Waals surface area contributed by atoms with Crippen LogP contribution in [-0.4, -0.2) is 30.1 Å². The molecular formula is C14H12BrNO4. The van der Waals surface area contributed by atoms with Crippen molar-refractivity contribution >= 4 is 33.9 Å². The molecule has 0 fully saturated rings. The van der Waals surface area contributed by atoms with Crippen molar-refractivity contribution in [2.45, 2.75) is 0 Å². The maximum Gasteiger partial charge on any atom is 0.328 e. The highest BCUT2D eigenvalue weighted by atomic mass is 79.9. The standard InChI is InChI=1S/C14H12BrNO4/c1-2-7-16-13(17)9-20-11-4-5-12(15)10(8-11)3-6-14(18)19/h1,3-6,8H,7,9H2,(H,16,17)(H,18,19)/b6-3+. The first-order valence-electron chi connectivity index (χ1n) is 5.56. The summed E-state index contributed by atoms with van der Waals surface area (Å²) < 4.78 is 6.01. The van der Waals surface area contributed by atoms with Gasteiger partial charge in [-0.25, -0.2) is 4.79 Å². The van der Waals surface area contributed by atoms with Gasteiger partial charge in [-0.05, 0) is 29.8 Å². The van der Waals surface area contributed by atoms with Crippen molar-refractivity contribution < 1.29 is 19.4 Å². The van der Waals surface area contributed by atoms with Gasteiger partial charge in [0.2, 0.25) is 0 Å². The smallest absolute Gasteiger partial charge is 0.328 e. The van der Waals surface area contributed by atoms with Gasteiger partial charge in [-0.3, -0.25) is 4.79 Å². The summed E-state index contributed by atoms with van der Waals surface area (Å²) in [5.41, 5.74) is 0.633. The Morgan fingerprint density at radius 3 is 2.90 bits per heavy atom. The van der Waals surface area contributed by atoms with Crippen LogP contribution < -0.4 is 10.1 Å². The van der Waals surface area contributed by atoms with Crippen LogP contribution in [0.25, 0.3) is 6.08 Å². The number of rotatable bonds is 6. The average molecular weight is 338 g/mol. The van der Waals surface area contributed by atoms with Gasteiger partial charge in [-0.1, -0.05) is 21.9 Å². The van der Waals surface area contributed by atoms with Crippen molar-refractivity contribution in [1.29, 1.82) is 0 Å². The number of hydrogen-bond donors (Lipinski definition) is 2. The second-order valence-electron chi connectivity index (χ2n) is 3.62. The molecule has 1 aromatic carbocycles. The first kappa shape index (κ1) is 15.8. The minimum absolute atomic E-state index is 0.148. The van der Waals surface area contributed by atoms with Crippen LogP contribution in [0.4, 0.5) is 0 Å². The van der Waals surface area contributed by atoms with Crippen molar-refractivity contribution in [2.24, 2.45) is 0 Å². The lowest BCUT2D eigenvalue weighted by molar-refractivity contribution is -0.131. The second kappa shape index (κ2) is 8.02. The Kier molecular flexibility index (Phi) is 6.33. The minimum Gasteiger partial charge on any atom is -0.484 e. The molecule has 0 aliphatic heterocycles. The summed E-state index contributed by atoms with van der Waals surface area (Å²) >= 11 is 3.29. The maximum absolute atomic E-state index is 11.3.